The number of carbonyl (C=O) groups excluding carboxylic acids is 1. The molecular formula is C21H20F6N2O4. The van der Waals surface area contributed by atoms with Gasteiger partial charge in [0.2, 0.25) is 5.91 Å². The van der Waals surface area contributed by atoms with Gasteiger partial charge in [-0.15, -0.1) is 13.2 Å². The van der Waals surface area contributed by atoms with Crippen LogP contribution in [0, 0.1) is 0 Å². The molecule has 0 aliphatic carbocycles. The van der Waals surface area contributed by atoms with E-state index in [0.29, 0.717) is 12.1 Å². The van der Waals surface area contributed by atoms with E-state index >= 15 is 0 Å². The topological polar surface area (TPSA) is 78.9 Å². The van der Waals surface area contributed by atoms with Crippen LogP contribution in [0.5, 0.6) is 5.75 Å². The zero-order valence-electron chi connectivity index (χ0n) is 17.0. The minimum Gasteiger partial charge on any atom is -0.475 e. The van der Waals surface area contributed by atoms with Crippen LogP contribution in [0.1, 0.15) is 17.5 Å². The number of nitrogens with zero attached hydrogens (tertiary/aromatic N) is 1. The van der Waals surface area contributed by atoms with Crippen LogP contribution in [-0.4, -0.2) is 42.6 Å². The molecule has 1 aliphatic rings. The second-order valence-corrected chi connectivity index (χ2v) is 6.84. The largest absolute Gasteiger partial charge is 0.573 e. The third-order valence-corrected chi connectivity index (χ3v) is 4.44. The molecule has 0 fully saturated rings. The molecule has 1 heterocycles. The van der Waals surface area contributed by atoms with E-state index in [0.717, 1.165) is 24.1 Å². The summed E-state index contributed by atoms with van der Waals surface area (Å²) in [6.07, 6.45) is -8.00. The molecule has 0 radical (unpaired) electrons. The Morgan fingerprint density at radius 3 is 2.24 bits per heavy atom. The normalized spacial score (nSPS) is 13.5. The lowest BCUT2D eigenvalue weighted by molar-refractivity contribution is -0.274. The van der Waals surface area contributed by atoms with Gasteiger partial charge in [0.05, 0.1) is 6.54 Å². The molecule has 33 heavy (non-hydrogen) atoms. The van der Waals surface area contributed by atoms with Gasteiger partial charge in [0.15, 0.2) is 0 Å². The Bertz CT molecular complexity index is 962. The molecule has 1 aliphatic heterocycles. The van der Waals surface area contributed by atoms with E-state index in [-0.39, 0.29) is 24.7 Å². The van der Waals surface area contributed by atoms with Crippen LogP contribution in [0.4, 0.5) is 32.0 Å². The molecule has 1 amide bonds. The number of halogens is 6. The number of amides is 1. The average Bonchev–Trinajstić information content (AvgIpc) is 2.73. The molecule has 2 aromatic rings. The number of carboxylic acids is 1. The minimum absolute atomic E-state index is 0.0364. The fourth-order valence-electron chi connectivity index (χ4n) is 3.07. The molecule has 0 aromatic heterocycles. The molecule has 0 spiro atoms. The van der Waals surface area contributed by atoms with Crippen molar-refractivity contribution in [2.75, 3.05) is 18.0 Å². The minimum atomic E-state index is -5.08. The van der Waals surface area contributed by atoms with E-state index in [9.17, 15) is 31.1 Å². The Balaban J connectivity index is 0.000000479. The Morgan fingerprint density at radius 2 is 1.61 bits per heavy atom. The standard InChI is InChI=1S/C19H19F3N2O2.C2HF3O2/c20-19(21,22)26-17-10-4-2-7-15(17)12-23-13-18(25)24-11-5-8-14-6-1-3-9-16(14)24;3-2(4,5)1(6)7/h1-4,6-7,9-10,23H,5,8,11-13H2;(H,6,7). The lowest BCUT2D eigenvalue weighted by Gasteiger charge is -2.29. The molecule has 12 heteroatoms. The van der Waals surface area contributed by atoms with E-state index in [4.69, 9.17) is 9.90 Å². The summed E-state index contributed by atoms with van der Waals surface area (Å²) in [5, 5.41) is 10.0. The summed E-state index contributed by atoms with van der Waals surface area (Å²) in [6.45, 7) is 0.785. The Labute approximate surface area is 184 Å². The van der Waals surface area contributed by atoms with E-state index in [1.807, 2.05) is 24.3 Å². The molecule has 0 atom stereocenters. The molecule has 0 saturated carbocycles. The van der Waals surface area contributed by atoms with Crippen molar-refractivity contribution in [3.8, 4) is 5.75 Å². The number of nitrogens with one attached hydrogen (secondary N) is 1. The first-order valence-electron chi connectivity index (χ1n) is 9.61. The lowest BCUT2D eigenvalue weighted by atomic mass is 10.0. The van der Waals surface area contributed by atoms with Crippen molar-refractivity contribution in [1.82, 2.24) is 5.32 Å². The maximum absolute atomic E-state index is 12.5. The first kappa shape index (κ1) is 26.0. The number of alkyl halides is 6. The molecule has 0 bridgehead atoms. The second-order valence-electron chi connectivity index (χ2n) is 6.84. The number of para-hydroxylation sites is 2. The van der Waals surface area contributed by atoms with E-state index in [1.54, 1.807) is 11.0 Å². The van der Waals surface area contributed by atoms with E-state index < -0.39 is 18.5 Å². The summed E-state index contributed by atoms with van der Waals surface area (Å²) in [7, 11) is 0. The van der Waals surface area contributed by atoms with Gasteiger partial charge in [-0.3, -0.25) is 4.79 Å². The van der Waals surface area contributed by atoms with Gasteiger partial charge < -0.3 is 20.1 Å². The Hall–Kier alpha value is -3.28. The molecule has 0 unspecified atom stereocenters. The molecule has 0 saturated heterocycles. The predicted molar refractivity (Wildman–Crippen MR) is 106 cm³/mol. The fourth-order valence-corrected chi connectivity index (χ4v) is 3.07. The quantitative estimate of drug-likeness (QED) is 0.627. The highest BCUT2D eigenvalue weighted by atomic mass is 19.4. The summed E-state index contributed by atoms with van der Waals surface area (Å²) < 4.78 is 73.1. The van der Waals surface area contributed by atoms with Gasteiger partial charge in [-0.05, 0) is 30.5 Å². The Kier molecular flexibility index (Phi) is 8.69. The van der Waals surface area contributed by atoms with Crippen LogP contribution < -0.4 is 15.0 Å². The smallest absolute Gasteiger partial charge is 0.475 e. The average molecular weight is 478 g/mol. The van der Waals surface area contributed by atoms with Crippen molar-refractivity contribution in [3.63, 3.8) is 0 Å². The number of ether oxygens (including phenoxy) is 1. The second kappa shape index (κ2) is 11.0. The zero-order chi connectivity index (χ0) is 24.6. The number of fused-ring (bicyclic) bond motifs is 1. The third kappa shape index (κ3) is 8.29. The van der Waals surface area contributed by atoms with Crippen molar-refractivity contribution in [3.05, 3.63) is 59.7 Å². The van der Waals surface area contributed by atoms with Crippen molar-refractivity contribution in [2.45, 2.75) is 31.9 Å². The fraction of sp³-hybridized carbons (Fsp3) is 0.333. The van der Waals surface area contributed by atoms with Crippen LogP contribution in [0.3, 0.4) is 0 Å². The van der Waals surface area contributed by atoms with Gasteiger partial charge in [-0.1, -0.05) is 36.4 Å². The van der Waals surface area contributed by atoms with Crippen LogP contribution in [0.25, 0.3) is 0 Å². The van der Waals surface area contributed by atoms with Gasteiger partial charge in [-0.2, -0.15) is 13.2 Å². The molecule has 180 valence electrons. The van der Waals surface area contributed by atoms with Crippen molar-refractivity contribution >= 4 is 17.6 Å². The maximum Gasteiger partial charge on any atom is 0.573 e. The number of anilines is 1. The molecular weight excluding hydrogens is 458 g/mol. The van der Waals surface area contributed by atoms with Crippen molar-refractivity contribution < 1.29 is 45.8 Å². The van der Waals surface area contributed by atoms with Crippen LogP contribution in [-0.2, 0) is 22.6 Å². The first-order valence-corrected chi connectivity index (χ1v) is 9.61. The summed E-state index contributed by atoms with van der Waals surface area (Å²) in [4.78, 5) is 23.1. The molecule has 6 nitrogen and oxygen atoms in total. The van der Waals surface area contributed by atoms with Gasteiger partial charge in [0.25, 0.3) is 0 Å². The van der Waals surface area contributed by atoms with Gasteiger partial charge in [0.1, 0.15) is 5.75 Å². The maximum atomic E-state index is 12.5. The number of aryl methyl sites for hydroxylation is 1. The van der Waals surface area contributed by atoms with Gasteiger partial charge in [-0.25, -0.2) is 4.79 Å². The number of hydrogen-bond acceptors (Lipinski definition) is 4. The highest BCUT2D eigenvalue weighted by Gasteiger charge is 2.38. The summed E-state index contributed by atoms with van der Waals surface area (Å²) in [5.74, 6) is -3.12. The van der Waals surface area contributed by atoms with E-state index in [2.05, 4.69) is 10.1 Å². The number of hydrogen-bond donors (Lipinski definition) is 2. The Morgan fingerprint density at radius 1 is 1.00 bits per heavy atom. The number of carboxylic acid groups (broad SMARTS) is 1. The monoisotopic (exact) mass is 478 g/mol. The van der Waals surface area contributed by atoms with Crippen molar-refractivity contribution in [1.29, 1.82) is 0 Å². The third-order valence-electron chi connectivity index (χ3n) is 4.44. The number of aliphatic carboxylic acids is 1. The molecule has 3 rings (SSSR count). The van der Waals surface area contributed by atoms with Gasteiger partial charge >= 0.3 is 18.5 Å². The predicted octanol–water partition coefficient (Wildman–Crippen LogP) is 4.29. The summed E-state index contributed by atoms with van der Waals surface area (Å²) in [6, 6.07) is 13.7. The molecule has 2 aromatic carbocycles. The number of benzene rings is 2. The zero-order valence-corrected chi connectivity index (χ0v) is 17.0. The lowest BCUT2D eigenvalue weighted by Crippen LogP contribution is -2.41. The number of rotatable bonds is 5. The van der Waals surface area contributed by atoms with E-state index in [1.165, 1.54) is 18.2 Å². The number of carbonyl (C=O) groups is 2. The highest BCUT2D eigenvalue weighted by Crippen LogP contribution is 2.27. The summed E-state index contributed by atoms with van der Waals surface area (Å²) >= 11 is 0. The van der Waals surface area contributed by atoms with Crippen LogP contribution in [0.15, 0.2) is 48.5 Å². The van der Waals surface area contributed by atoms with Gasteiger partial charge in [0, 0.05) is 24.3 Å². The SMILES string of the molecule is O=C(CNCc1ccccc1OC(F)(F)F)N1CCCc2ccccc21.O=C(O)C(F)(F)F. The summed E-state index contributed by atoms with van der Waals surface area (Å²) in [5.41, 5.74) is 2.39. The first-order chi connectivity index (χ1) is 15.4. The van der Waals surface area contributed by atoms with Crippen LogP contribution in [0.2, 0.25) is 0 Å². The highest BCUT2D eigenvalue weighted by molar-refractivity contribution is 5.95. The molecule has 2 N–H and O–H groups in total. The van der Waals surface area contributed by atoms with Crippen LogP contribution >= 0.6 is 0 Å². The van der Waals surface area contributed by atoms with Crippen molar-refractivity contribution in [2.24, 2.45) is 0 Å².